The number of hydrogen-bond donors (Lipinski definition) is 2. The van der Waals surface area contributed by atoms with Gasteiger partial charge in [0.2, 0.25) is 0 Å². The number of carbonyl (C=O) groups is 2. The fraction of sp³-hybridized carbons (Fsp3) is 0.926. The summed E-state index contributed by atoms with van der Waals surface area (Å²) in [5.41, 5.74) is -1.57. The standard InChI is InChI=1S/C27H54N2O4/c1-23(2,3)21(30)14-17-29-27(11,12)22(31)13-15-25(7,8)32-19-16-26(9,10)33-20-18-28-24(4,5)6/h28-29H,13-20H2,1-12H3. The molecule has 0 aliphatic heterocycles. The minimum absolute atomic E-state index is 0.0893. The maximum atomic E-state index is 12.8. The van der Waals surface area contributed by atoms with E-state index in [0.717, 1.165) is 13.0 Å². The molecule has 0 spiro atoms. The van der Waals surface area contributed by atoms with Crippen LogP contribution in [0.1, 0.15) is 109 Å². The van der Waals surface area contributed by atoms with Crippen molar-refractivity contribution in [1.29, 1.82) is 0 Å². The first-order chi connectivity index (χ1) is 14.7. The average Bonchev–Trinajstić information content (AvgIpc) is 2.61. The number of ketones is 2. The first-order valence-electron chi connectivity index (χ1n) is 12.5. The molecule has 0 saturated heterocycles. The van der Waals surface area contributed by atoms with E-state index >= 15 is 0 Å². The van der Waals surface area contributed by atoms with Gasteiger partial charge < -0.3 is 20.1 Å². The average molecular weight is 471 g/mol. The molecule has 0 heterocycles. The lowest BCUT2D eigenvalue weighted by Gasteiger charge is -2.31. The van der Waals surface area contributed by atoms with E-state index < -0.39 is 11.1 Å². The van der Waals surface area contributed by atoms with Crippen LogP contribution in [0.3, 0.4) is 0 Å². The number of carbonyl (C=O) groups excluding carboxylic acids is 2. The van der Waals surface area contributed by atoms with E-state index in [4.69, 9.17) is 9.47 Å². The van der Waals surface area contributed by atoms with E-state index in [1.54, 1.807) is 0 Å². The Hall–Kier alpha value is -0.820. The van der Waals surface area contributed by atoms with Gasteiger partial charge in [-0.1, -0.05) is 20.8 Å². The molecule has 6 heteroatoms. The van der Waals surface area contributed by atoms with Crippen LogP contribution in [-0.4, -0.2) is 60.1 Å². The van der Waals surface area contributed by atoms with Crippen molar-refractivity contribution < 1.29 is 19.1 Å². The Bertz CT molecular complexity index is 611. The summed E-state index contributed by atoms with van der Waals surface area (Å²) < 4.78 is 12.2. The summed E-state index contributed by atoms with van der Waals surface area (Å²) in [6, 6.07) is 0. The van der Waals surface area contributed by atoms with Crippen molar-refractivity contribution in [2.75, 3.05) is 26.3 Å². The van der Waals surface area contributed by atoms with E-state index in [1.807, 2.05) is 48.5 Å². The van der Waals surface area contributed by atoms with Gasteiger partial charge in [0, 0.05) is 36.9 Å². The minimum atomic E-state index is -0.662. The van der Waals surface area contributed by atoms with E-state index in [0.29, 0.717) is 39.0 Å². The van der Waals surface area contributed by atoms with Gasteiger partial charge in [0.1, 0.15) is 5.78 Å². The Kier molecular flexibility index (Phi) is 12.4. The van der Waals surface area contributed by atoms with Gasteiger partial charge >= 0.3 is 0 Å². The molecule has 196 valence electrons. The summed E-state index contributed by atoms with van der Waals surface area (Å²) in [6.45, 7) is 26.8. The number of Topliss-reactive ketones (excluding diaryl/α,β-unsaturated/α-hetero) is 2. The van der Waals surface area contributed by atoms with Gasteiger partial charge in [0.15, 0.2) is 5.78 Å². The van der Waals surface area contributed by atoms with Crippen LogP contribution in [-0.2, 0) is 19.1 Å². The molecule has 2 N–H and O–H groups in total. The maximum absolute atomic E-state index is 12.8. The lowest BCUT2D eigenvalue weighted by Crippen LogP contribution is -2.48. The van der Waals surface area contributed by atoms with Crippen LogP contribution >= 0.6 is 0 Å². The molecular weight excluding hydrogens is 416 g/mol. The predicted molar refractivity (Wildman–Crippen MR) is 138 cm³/mol. The minimum Gasteiger partial charge on any atom is -0.375 e. The maximum Gasteiger partial charge on any atom is 0.152 e. The van der Waals surface area contributed by atoms with Gasteiger partial charge in [-0.2, -0.15) is 0 Å². The molecule has 0 atom stereocenters. The summed E-state index contributed by atoms with van der Waals surface area (Å²) >= 11 is 0. The lowest BCUT2D eigenvalue weighted by atomic mass is 9.88. The molecule has 0 aromatic carbocycles. The van der Waals surface area contributed by atoms with E-state index in [-0.39, 0.29) is 28.1 Å². The zero-order valence-corrected chi connectivity index (χ0v) is 23.8. The molecule has 6 nitrogen and oxygen atoms in total. The second-order valence-corrected chi connectivity index (χ2v) is 13.0. The molecule has 0 aromatic rings. The Morgan fingerprint density at radius 2 is 1.12 bits per heavy atom. The second-order valence-electron chi connectivity index (χ2n) is 13.0. The van der Waals surface area contributed by atoms with Crippen molar-refractivity contribution >= 4 is 11.6 Å². The van der Waals surface area contributed by atoms with E-state index in [2.05, 4.69) is 45.3 Å². The van der Waals surface area contributed by atoms with E-state index in [9.17, 15) is 9.59 Å². The highest BCUT2D eigenvalue weighted by Gasteiger charge is 2.30. The summed E-state index contributed by atoms with van der Waals surface area (Å²) in [5, 5.41) is 6.69. The number of rotatable bonds is 16. The molecule has 0 amide bonds. The molecule has 0 aliphatic carbocycles. The largest absolute Gasteiger partial charge is 0.375 e. The van der Waals surface area contributed by atoms with Crippen molar-refractivity contribution in [2.24, 2.45) is 5.41 Å². The molecule has 0 radical (unpaired) electrons. The summed E-state index contributed by atoms with van der Waals surface area (Å²) in [4.78, 5) is 24.9. The third-order valence-electron chi connectivity index (χ3n) is 5.85. The lowest BCUT2D eigenvalue weighted by molar-refractivity contribution is -0.128. The van der Waals surface area contributed by atoms with Crippen LogP contribution in [0.2, 0.25) is 0 Å². The quantitative estimate of drug-likeness (QED) is 0.306. The fourth-order valence-corrected chi connectivity index (χ4v) is 3.16. The van der Waals surface area contributed by atoms with Crippen molar-refractivity contribution in [3.05, 3.63) is 0 Å². The first-order valence-corrected chi connectivity index (χ1v) is 12.5. The molecule has 0 aromatic heterocycles. The Morgan fingerprint density at radius 3 is 1.64 bits per heavy atom. The molecule has 0 bridgehead atoms. The highest BCUT2D eigenvalue weighted by atomic mass is 16.5. The second kappa shape index (κ2) is 12.8. The summed E-state index contributed by atoms with van der Waals surface area (Å²) in [7, 11) is 0. The molecule has 0 saturated carbocycles. The molecule has 0 aliphatic rings. The number of nitrogens with one attached hydrogen (secondary N) is 2. The fourth-order valence-electron chi connectivity index (χ4n) is 3.16. The van der Waals surface area contributed by atoms with Crippen LogP contribution < -0.4 is 10.6 Å². The zero-order valence-electron chi connectivity index (χ0n) is 23.8. The highest BCUT2D eigenvalue weighted by Crippen LogP contribution is 2.23. The van der Waals surface area contributed by atoms with Gasteiger partial charge in [0.05, 0.1) is 30.0 Å². The topological polar surface area (TPSA) is 76.7 Å². The first kappa shape index (κ1) is 32.2. The van der Waals surface area contributed by atoms with Crippen LogP contribution in [0.25, 0.3) is 0 Å². The van der Waals surface area contributed by atoms with E-state index in [1.165, 1.54) is 0 Å². The van der Waals surface area contributed by atoms with Crippen molar-refractivity contribution in [3.63, 3.8) is 0 Å². The SMILES string of the molecule is CC(C)(C)NCCOC(C)(C)CCOC(C)(C)CCC(=O)C(C)(C)NCCC(=O)C(C)(C)C. The van der Waals surface area contributed by atoms with Crippen LogP contribution in [0.4, 0.5) is 0 Å². The number of ether oxygens (including phenoxy) is 2. The molecule has 0 unspecified atom stereocenters. The Balaban J connectivity index is 4.36. The number of hydrogen-bond acceptors (Lipinski definition) is 6. The smallest absolute Gasteiger partial charge is 0.152 e. The Labute approximate surface area is 204 Å². The van der Waals surface area contributed by atoms with Gasteiger partial charge in [0.25, 0.3) is 0 Å². The molecular formula is C27H54N2O4. The summed E-state index contributed by atoms with van der Waals surface area (Å²) in [6.07, 6.45) is 2.29. The van der Waals surface area contributed by atoms with Crippen molar-refractivity contribution in [1.82, 2.24) is 10.6 Å². The van der Waals surface area contributed by atoms with Crippen LogP contribution in [0, 0.1) is 5.41 Å². The van der Waals surface area contributed by atoms with Crippen molar-refractivity contribution in [3.8, 4) is 0 Å². The van der Waals surface area contributed by atoms with Crippen molar-refractivity contribution in [2.45, 2.75) is 131 Å². The van der Waals surface area contributed by atoms with Crippen LogP contribution in [0.15, 0.2) is 0 Å². The zero-order chi connectivity index (χ0) is 26.1. The van der Waals surface area contributed by atoms with Crippen LogP contribution in [0.5, 0.6) is 0 Å². The third kappa shape index (κ3) is 15.7. The normalized spacial score (nSPS) is 13.9. The molecule has 33 heavy (non-hydrogen) atoms. The molecule has 0 rings (SSSR count). The van der Waals surface area contributed by atoms with Gasteiger partial charge in [-0.25, -0.2) is 0 Å². The monoisotopic (exact) mass is 470 g/mol. The van der Waals surface area contributed by atoms with Gasteiger partial charge in [-0.05, 0) is 75.2 Å². The molecule has 0 fully saturated rings. The third-order valence-corrected chi connectivity index (χ3v) is 5.85. The Morgan fingerprint density at radius 1 is 0.606 bits per heavy atom. The van der Waals surface area contributed by atoms with Gasteiger partial charge in [-0.15, -0.1) is 0 Å². The summed E-state index contributed by atoms with van der Waals surface area (Å²) in [5.74, 6) is 0.336. The highest BCUT2D eigenvalue weighted by molar-refractivity contribution is 5.88. The predicted octanol–water partition coefficient (Wildman–Crippen LogP) is 5.08. The van der Waals surface area contributed by atoms with Gasteiger partial charge in [-0.3, -0.25) is 9.59 Å².